The lowest BCUT2D eigenvalue weighted by molar-refractivity contribution is -0.129. The summed E-state index contributed by atoms with van der Waals surface area (Å²) in [4.78, 5) is 26.6. The SMILES string of the molecule is CCN(CC(=O)N(C)C)C(=O)c1nn(C)cc1N. The third kappa shape index (κ3) is 2.99. The quantitative estimate of drug-likeness (QED) is 0.788. The van der Waals surface area contributed by atoms with E-state index in [-0.39, 0.29) is 24.1 Å². The Bertz CT molecular complexity index is 452. The molecule has 0 saturated carbocycles. The second kappa shape index (κ2) is 5.52. The predicted octanol–water partition coefficient (Wildman–Crippen LogP) is -0.447. The molecule has 1 heterocycles. The van der Waals surface area contributed by atoms with Crippen LogP contribution in [-0.2, 0) is 11.8 Å². The van der Waals surface area contributed by atoms with Gasteiger partial charge in [0.05, 0.1) is 5.69 Å². The van der Waals surface area contributed by atoms with Gasteiger partial charge in [-0.05, 0) is 6.92 Å². The lowest BCUT2D eigenvalue weighted by Gasteiger charge is -2.21. The van der Waals surface area contributed by atoms with Gasteiger partial charge < -0.3 is 15.5 Å². The van der Waals surface area contributed by atoms with Crippen LogP contribution in [0.15, 0.2) is 6.20 Å². The zero-order valence-electron chi connectivity index (χ0n) is 11.2. The summed E-state index contributed by atoms with van der Waals surface area (Å²) < 4.78 is 1.48. The molecule has 7 nitrogen and oxygen atoms in total. The molecule has 2 N–H and O–H groups in total. The van der Waals surface area contributed by atoms with Crippen LogP contribution < -0.4 is 5.73 Å². The average molecular weight is 253 g/mol. The molecule has 0 aromatic carbocycles. The van der Waals surface area contributed by atoms with Gasteiger partial charge in [0.1, 0.15) is 6.54 Å². The van der Waals surface area contributed by atoms with Gasteiger partial charge in [-0.3, -0.25) is 14.3 Å². The van der Waals surface area contributed by atoms with Crippen LogP contribution in [0.25, 0.3) is 0 Å². The molecule has 0 aliphatic carbocycles. The standard InChI is InChI=1S/C11H19N5O2/c1-5-16(7-9(17)14(2)3)11(18)10-8(12)6-15(4)13-10/h6H,5,7,12H2,1-4H3. The summed E-state index contributed by atoms with van der Waals surface area (Å²) in [6.45, 7) is 2.26. The second-order valence-electron chi connectivity index (χ2n) is 4.21. The number of likely N-dealkylation sites (N-methyl/N-ethyl adjacent to an activating group) is 2. The summed E-state index contributed by atoms with van der Waals surface area (Å²) in [5.74, 6) is -0.467. The minimum Gasteiger partial charge on any atom is -0.396 e. The molecular formula is C11H19N5O2. The molecule has 1 aromatic rings. The third-order valence-electron chi connectivity index (χ3n) is 2.55. The van der Waals surface area contributed by atoms with Gasteiger partial charge in [-0.25, -0.2) is 0 Å². The van der Waals surface area contributed by atoms with Crippen LogP contribution in [0.1, 0.15) is 17.4 Å². The van der Waals surface area contributed by atoms with Crippen molar-refractivity contribution in [3.8, 4) is 0 Å². The molecule has 0 saturated heterocycles. The number of anilines is 1. The number of hydrogen-bond acceptors (Lipinski definition) is 4. The smallest absolute Gasteiger partial charge is 0.276 e. The molecule has 0 atom stereocenters. The third-order valence-corrected chi connectivity index (χ3v) is 2.55. The number of carbonyl (C=O) groups is 2. The van der Waals surface area contributed by atoms with Gasteiger partial charge in [-0.1, -0.05) is 0 Å². The molecule has 2 amide bonds. The van der Waals surface area contributed by atoms with E-state index in [1.165, 1.54) is 14.5 Å². The van der Waals surface area contributed by atoms with Crippen LogP contribution in [0.5, 0.6) is 0 Å². The van der Waals surface area contributed by atoms with E-state index >= 15 is 0 Å². The molecule has 0 aliphatic rings. The lowest BCUT2D eigenvalue weighted by Crippen LogP contribution is -2.40. The van der Waals surface area contributed by atoms with E-state index in [2.05, 4.69) is 5.10 Å². The van der Waals surface area contributed by atoms with Gasteiger partial charge in [0.2, 0.25) is 5.91 Å². The first-order valence-electron chi connectivity index (χ1n) is 5.65. The maximum Gasteiger partial charge on any atom is 0.276 e. The van der Waals surface area contributed by atoms with E-state index in [1.54, 1.807) is 34.3 Å². The van der Waals surface area contributed by atoms with Crippen molar-refractivity contribution >= 4 is 17.5 Å². The summed E-state index contributed by atoms with van der Waals surface area (Å²) in [6, 6.07) is 0. The van der Waals surface area contributed by atoms with E-state index in [9.17, 15) is 9.59 Å². The van der Waals surface area contributed by atoms with Crippen molar-refractivity contribution in [3.63, 3.8) is 0 Å². The van der Waals surface area contributed by atoms with Crippen LogP contribution in [0.4, 0.5) is 5.69 Å². The first-order chi connectivity index (χ1) is 8.36. The number of nitrogen functional groups attached to an aromatic ring is 1. The second-order valence-corrected chi connectivity index (χ2v) is 4.21. The first kappa shape index (κ1) is 14.0. The molecule has 18 heavy (non-hydrogen) atoms. The fourth-order valence-corrected chi connectivity index (χ4v) is 1.45. The maximum absolute atomic E-state index is 12.2. The number of hydrogen-bond donors (Lipinski definition) is 1. The molecule has 0 aliphatic heterocycles. The van der Waals surface area contributed by atoms with Gasteiger partial charge in [0.15, 0.2) is 5.69 Å². The summed E-state index contributed by atoms with van der Waals surface area (Å²) in [7, 11) is 4.99. The highest BCUT2D eigenvalue weighted by Crippen LogP contribution is 2.11. The molecular weight excluding hydrogens is 234 g/mol. The number of aromatic nitrogens is 2. The molecule has 1 aromatic heterocycles. The van der Waals surface area contributed by atoms with Crippen LogP contribution in [-0.4, -0.2) is 58.6 Å². The molecule has 0 radical (unpaired) electrons. The van der Waals surface area contributed by atoms with Crippen molar-refractivity contribution in [2.75, 3.05) is 32.9 Å². The van der Waals surface area contributed by atoms with Crippen molar-refractivity contribution < 1.29 is 9.59 Å². The van der Waals surface area contributed by atoms with Crippen LogP contribution in [0.3, 0.4) is 0 Å². The number of amides is 2. The summed E-state index contributed by atoms with van der Waals surface area (Å²) >= 11 is 0. The Kier molecular flexibility index (Phi) is 4.30. The Labute approximate surface area is 106 Å². The fourth-order valence-electron chi connectivity index (χ4n) is 1.45. The Morgan fingerprint density at radius 1 is 1.44 bits per heavy atom. The van der Waals surface area contributed by atoms with Gasteiger partial charge in [-0.2, -0.15) is 5.10 Å². The summed E-state index contributed by atoms with van der Waals surface area (Å²) in [5.41, 5.74) is 6.20. The molecule has 0 spiro atoms. The monoisotopic (exact) mass is 253 g/mol. The Balaban J connectivity index is 2.86. The predicted molar refractivity (Wildman–Crippen MR) is 67.9 cm³/mol. The number of aryl methyl sites for hydroxylation is 1. The zero-order chi connectivity index (χ0) is 13.9. The molecule has 100 valence electrons. The number of nitrogens with two attached hydrogens (primary N) is 1. The minimum atomic E-state index is -0.328. The van der Waals surface area contributed by atoms with E-state index < -0.39 is 0 Å². The van der Waals surface area contributed by atoms with Gasteiger partial charge in [0, 0.05) is 33.9 Å². The summed E-state index contributed by atoms with van der Waals surface area (Å²) in [5, 5.41) is 4.01. The van der Waals surface area contributed by atoms with Crippen LogP contribution in [0.2, 0.25) is 0 Å². The van der Waals surface area contributed by atoms with E-state index in [1.807, 2.05) is 0 Å². The normalized spacial score (nSPS) is 10.2. The molecule has 1 rings (SSSR count). The van der Waals surface area contributed by atoms with E-state index in [4.69, 9.17) is 5.73 Å². The van der Waals surface area contributed by atoms with E-state index in [0.29, 0.717) is 12.2 Å². The van der Waals surface area contributed by atoms with E-state index in [0.717, 1.165) is 0 Å². The number of carbonyl (C=O) groups excluding carboxylic acids is 2. The van der Waals surface area contributed by atoms with Crippen LogP contribution >= 0.6 is 0 Å². The highest BCUT2D eigenvalue weighted by molar-refractivity contribution is 5.98. The average Bonchev–Trinajstić information content (AvgIpc) is 2.63. The van der Waals surface area contributed by atoms with Gasteiger partial charge in [0.25, 0.3) is 5.91 Å². The van der Waals surface area contributed by atoms with Crippen molar-refractivity contribution in [1.29, 1.82) is 0 Å². The highest BCUT2D eigenvalue weighted by Gasteiger charge is 2.22. The van der Waals surface area contributed by atoms with Crippen molar-refractivity contribution in [3.05, 3.63) is 11.9 Å². The highest BCUT2D eigenvalue weighted by atomic mass is 16.2. The Hall–Kier alpha value is -2.05. The molecule has 0 fully saturated rings. The summed E-state index contributed by atoms with van der Waals surface area (Å²) in [6.07, 6.45) is 1.56. The first-order valence-corrected chi connectivity index (χ1v) is 5.65. The Morgan fingerprint density at radius 3 is 2.44 bits per heavy atom. The topological polar surface area (TPSA) is 84.5 Å². The minimum absolute atomic E-state index is 0.0261. The molecule has 0 bridgehead atoms. The Morgan fingerprint density at radius 2 is 2.06 bits per heavy atom. The lowest BCUT2D eigenvalue weighted by atomic mass is 10.3. The fraction of sp³-hybridized carbons (Fsp3) is 0.545. The van der Waals surface area contributed by atoms with Crippen molar-refractivity contribution in [2.45, 2.75) is 6.92 Å². The van der Waals surface area contributed by atoms with Gasteiger partial charge in [-0.15, -0.1) is 0 Å². The number of nitrogens with zero attached hydrogens (tertiary/aromatic N) is 4. The molecule has 0 unspecified atom stereocenters. The van der Waals surface area contributed by atoms with Gasteiger partial charge >= 0.3 is 0 Å². The van der Waals surface area contributed by atoms with Crippen molar-refractivity contribution in [2.24, 2.45) is 7.05 Å². The van der Waals surface area contributed by atoms with Crippen molar-refractivity contribution in [1.82, 2.24) is 19.6 Å². The largest absolute Gasteiger partial charge is 0.396 e. The maximum atomic E-state index is 12.2. The van der Waals surface area contributed by atoms with Crippen LogP contribution in [0, 0.1) is 0 Å². The molecule has 7 heteroatoms. The number of rotatable bonds is 4. The zero-order valence-corrected chi connectivity index (χ0v) is 11.2.